The van der Waals surface area contributed by atoms with Crippen LogP contribution in [0.15, 0.2) is 21.3 Å². The lowest BCUT2D eigenvalue weighted by molar-refractivity contribution is 0.426. The Balaban J connectivity index is 3.04. The van der Waals surface area contributed by atoms with Crippen molar-refractivity contribution in [3.63, 3.8) is 0 Å². The second-order valence-corrected chi connectivity index (χ2v) is 4.61. The van der Waals surface area contributed by atoms with Crippen LogP contribution < -0.4 is 0 Å². The van der Waals surface area contributed by atoms with Crippen LogP contribution in [0.5, 0.6) is 0 Å². The highest BCUT2D eigenvalue weighted by Crippen LogP contribution is 2.27. The average molecular weight is 280 g/mol. The average Bonchev–Trinajstić information content (AvgIpc) is 2.82. The van der Waals surface area contributed by atoms with Gasteiger partial charge in [0.1, 0.15) is 17.7 Å². The quantitative estimate of drug-likeness (QED) is 0.577. The zero-order valence-electron chi connectivity index (χ0n) is 9.55. The van der Waals surface area contributed by atoms with Crippen molar-refractivity contribution in [2.45, 2.75) is 26.7 Å². The number of likely N-dealkylation sites (tertiary alicyclic amines) is 1. The maximum atomic E-state index is 8.81. The van der Waals surface area contributed by atoms with E-state index >= 15 is 0 Å². The number of hydrogen-bond acceptors (Lipinski definition) is 3. The first-order valence-corrected chi connectivity index (χ1v) is 6.04. The summed E-state index contributed by atoms with van der Waals surface area (Å²) >= 11 is 3.48. The highest BCUT2D eigenvalue weighted by atomic mass is 79.9. The minimum Gasteiger partial charge on any atom is -0.374 e. The Labute approximate surface area is 105 Å². The van der Waals surface area contributed by atoms with Crippen molar-refractivity contribution in [1.82, 2.24) is 4.90 Å². The van der Waals surface area contributed by atoms with Gasteiger partial charge in [0.25, 0.3) is 0 Å². The number of rotatable bonds is 2. The van der Waals surface area contributed by atoms with Gasteiger partial charge in [0.15, 0.2) is 0 Å². The smallest absolute Gasteiger partial charge is 0.133 e. The maximum Gasteiger partial charge on any atom is 0.133 e. The summed E-state index contributed by atoms with van der Waals surface area (Å²) in [4.78, 5) is 2.28. The van der Waals surface area contributed by atoms with Crippen molar-refractivity contribution in [1.29, 1.82) is 10.5 Å². The SMILES string of the molecule is CC(=C(C#N)C#N)/C(Br)=C(\C)N1CCCC1. The van der Waals surface area contributed by atoms with Gasteiger partial charge in [-0.1, -0.05) is 0 Å². The molecule has 84 valence electrons. The van der Waals surface area contributed by atoms with Gasteiger partial charge in [-0.3, -0.25) is 0 Å². The van der Waals surface area contributed by atoms with E-state index in [9.17, 15) is 0 Å². The van der Waals surface area contributed by atoms with Gasteiger partial charge in [-0.2, -0.15) is 10.5 Å². The monoisotopic (exact) mass is 279 g/mol. The van der Waals surface area contributed by atoms with Crippen LogP contribution >= 0.6 is 15.9 Å². The van der Waals surface area contributed by atoms with Crippen molar-refractivity contribution in [3.8, 4) is 12.1 Å². The highest BCUT2D eigenvalue weighted by Gasteiger charge is 2.16. The fraction of sp³-hybridized carbons (Fsp3) is 0.500. The Bertz CT molecular complexity index is 399. The molecular formula is C12H14BrN3. The van der Waals surface area contributed by atoms with Crippen LogP contribution in [0.3, 0.4) is 0 Å². The molecule has 0 aromatic rings. The molecule has 0 unspecified atom stereocenters. The zero-order valence-corrected chi connectivity index (χ0v) is 11.1. The number of allylic oxidation sites excluding steroid dienone is 4. The largest absolute Gasteiger partial charge is 0.374 e. The zero-order chi connectivity index (χ0) is 12.1. The molecule has 0 N–H and O–H groups in total. The van der Waals surface area contributed by atoms with Crippen LogP contribution in [-0.2, 0) is 0 Å². The van der Waals surface area contributed by atoms with Crippen molar-refractivity contribution < 1.29 is 0 Å². The van der Waals surface area contributed by atoms with E-state index in [-0.39, 0.29) is 5.57 Å². The van der Waals surface area contributed by atoms with Gasteiger partial charge < -0.3 is 4.90 Å². The Morgan fingerprint density at radius 2 is 1.62 bits per heavy atom. The number of nitriles is 2. The Kier molecular flexibility index (Phi) is 4.58. The molecule has 1 rings (SSSR count). The summed E-state index contributed by atoms with van der Waals surface area (Å²) in [6, 6.07) is 3.83. The molecule has 1 heterocycles. The maximum absolute atomic E-state index is 8.81. The summed E-state index contributed by atoms with van der Waals surface area (Å²) in [6.07, 6.45) is 2.42. The molecule has 1 fully saturated rings. The topological polar surface area (TPSA) is 50.8 Å². The number of halogens is 1. The molecule has 0 amide bonds. The normalized spacial score (nSPS) is 16.2. The van der Waals surface area contributed by atoms with E-state index < -0.39 is 0 Å². The lowest BCUT2D eigenvalue weighted by Gasteiger charge is -2.20. The summed E-state index contributed by atoms with van der Waals surface area (Å²) < 4.78 is 0.868. The molecule has 0 bridgehead atoms. The standard InChI is InChI=1S/C12H14BrN3/c1-9(11(7-14)8-15)12(13)10(2)16-5-3-4-6-16/h3-6H2,1-2H3/b12-10-. The summed E-state index contributed by atoms with van der Waals surface area (Å²) in [5, 5.41) is 17.6. The van der Waals surface area contributed by atoms with Gasteiger partial charge in [0, 0.05) is 23.3 Å². The fourth-order valence-corrected chi connectivity index (χ4v) is 2.21. The van der Waals surface area contributed by atoms with Crippen molar-refractivity contribution in [2.75, 3.05) is 13.1 Å². The van der Waals surface area contributed by atoms with E-state index in [4.69, 9.17) is 10.5 Å². The molecule has 16 heavy (non-hydrogen) atoms. The lowest BCUT2D eigenvalue weighted by atomic mass is 10.1. The summed E-state index contributed by atoms with van der Waals surface area (Å²) in [6.45, 7) is 5.93. The van der Waals surface area contributed by atoms with Crippen molar-refractivity contribution in [3.05, 3.63) is 21.3 Å². The molecular weight excluding hydrogens is 266 g/mol. The minimum absolute atomic E-state index is 0.172. The van der Waals surface area contributed by atoms with Crippen LogP contribution in [0, 0.1) is 22.7 Å². The van der Waals surface area contributed by atoms with Crippen LogP contribution in [-0.4, -0.2) is 18.0 Å². The molecule has 0 saturated carbocycles. The second kappa shape index (κ2) is 5.72. The number of nitrogens with zero attached hydrogens (tertiary/aromatic N) is 3. The first-order valence-electron chi connectivity index (χ1n) is 5.24. The highest BCUT2D eigenvalue weighted by molar-refractivity contribution is 9.12. The predicted molar refractivity (Wildman–Crippen MR) is 66.4 cm³/mol. The molecule has 0 spiro atoms. The van der Waals surface area contributed by atoms with E-state index in [0.29, 0.717) is 0 Å². The molecule has 1 saturated heterocycles. The minimum atomic E-state index is 0.172. The molecule has 0 aromatic carbocycles. The number of hydrogen-bond donors (Lipinski definition) is 0. The Morgan fingerprint density at radius 3 is 2.06 bits per heavy atom. The molecule has 0 aliphatic carbocycles. The van der Waals surface area contributed by atoms with Crippen molar-refractivity contribution in [2.24, 2.45) is 0 Å². The van der Waals surface area contributed by atoms with E-state index in [0.717, 1.165) is 28.8 Å². The molecule has 1 aliphatic rings. The van der Waals surface area contributed by atoms with E-state index in [1.807, 2.05) is 19.1 Å². The Hall–Kier alpha value is -1.26. The van der Waals surface area contributed by atoms with Crippen LogP contribution in [0.2, 0.25) is 0 Å². The molecule has 4 heteroatoms. The fourth-order valence-electron chi connectivity index (χ4n) is 1.77. The summed E-state index contributed by atoms with van der Waals surface area (Å²) in [5.74, 6) is 0. The molecule has 1 aliphatic heterocycles. The lowest BCUT2D eigenvalue weighted by Crippen LogP contribution is -2.17. The van der Waals surface area contributed by atoms with Crippen molar-refractivity contribution >= 4 is 15.9 Å². The van der Waals surface area contributed by atoms with Gasteiger partial charge >= 0.3 is 0 Å². The first kappa shape index (κ1) is 12.8. The molecule has 0 atom stereocenters. The van der Waals surface area contributed by atoms with Crippen LogP contribution in [0.4, 0.5) is 0 Å². The first-order chi connectivity index (χ1) is 7.61. The van der Waals surface area contributed by atoms with Crippen LogP contribution in [0.25, 0.3) is 0 Å². The molecule has 0 aromatic heterocycles. The summed E-state index contributed by atoms with van der Waals surface area (Å²) in [5.41, 5.74) is 2.00. The van der Waals surface area contributed by atoms with E-state index in [1.54, 1.807) is 6.92 Å². The van der Waals surface area contributed by atoms with Gasteiger partial charge in [-0.25, -0.2) is 0 Å². The molecule has 0 radical (unpaired) electrons. The van der Waals surface area contributed by atoms with Gasteiger partial charge in [-0.15, -0.1) is 0 Å². The van der Waals surface area contributed by atoms with E-state index in [1.165, 1.54) is 12.8 Å². The predicted octanol–water partition coefficient (Wildman–Crippen LogP) is 3.07. The van der Waals surface area contributed by atoms with E-state index in [2.05, 4.69) is 20.8 Å². The van der Waals surface area contributed by atoms with Gasteiger partial charge in [-0.05, 0) is 48.2 Å². The second-order valence-electron chi connectivity index (χ2n) is 3.82. The summed E-state index contributed by atoms with van der Waals surface area (Å²) in [7, 11) is 0. The Morgan fingerprint density at radius 1 is 1.12 bits per heavy atom. The molecule has 3 nitrogen and oxygen atoms in total. The third-order valence-electron chi connectivity index (χ3n) is 2.83. The third kappa shape index (κ3) is 2.65. The van der Waals surface area contributed by atoms with Gasteiger partial charge in [0.2, 0.25) is 0 Å². The third-order valence-corrected chi connectivity index (χ3v) is 3.99. The van der Waals surface area contributed by atoms with Gasteiger partial charge in [0.05, 0.1) is 0 Å². The van der Waals surface area contributed by atoms with Crippen LogP contribution in [0.1, 0.15) is 26.7 Å².